The first-order valence-corrected chi connectivity index (χ1v) is 5.24. The maximum atomic E-state index is 11.2. The summed E-state index contributed by atoms with van der Waals surface area (Å²) in [5, 5.41) is 11.4. The lowest BCUT2D eigenvalue weighted by molar-refractivity contribution is -0.142. The summed E-state index contributed by atoms with van der Waals surface area (Å²) >= 11 is 0. The molecule has 0 aliphatic heterocycles. The number of benzene rings is 2. The van der Waals surface area contributed by atoms with Crippen LogP contribution in [0.15, 0.2) is 42.5 Å². The summed E-state index contributed by atoms with van der Waals surface area (Å²) in [6.45, 7) is 3.44. The summed E-state index contributed by atoms with van der Waals surface area (Å²) in [4.78, 5) is 11.2. The minimum absolute atomic E-state index is 0.803. The summed E-state index contributed by atoms with van der Waals surface area (Å²) in [5.41, 5.74) is -0.0111. The zero-order valence-corrected chi connectivity index (χ0v) is 9.40. The van der Waals surface area contributed by atoms with Gasteiger partial charge in [-0.05, 0) is 30.2 Å². The first kappa shape index (κ1) is 10.7. The summed E-state index contributed by atoms with van der Waals surface area (Å²) in [7, 11) is 0. The van der Waals surface area contributed by atoms with Gasteiger partial charge in [0.25, 0.3) is 0 Å². The maximum Gasteiger partial charge on any atom is 0.313 e. The van der Waals surface area contributed by atoms with Crippen molar-refractivity contribution < 1.29 is 9.90 Å². The molecule has 2 heteroatoms. The highest BCUT2D eigenvalue weighted by atomic mass is 16.4. The van der Waals surface area contributed by atoms with Gasteiger partial charge in [-0.1, -0.05) is 42.5 Å². The van der Waals surface area contributed by atoms with Crippen molar-refractivity contribution in [3.8, 4) is 0 Å². The van der Waals surface area contributed by atoms with Crippen molar-refractivity contribution in [1.29, 1.82) is 0 Å². The van der Waals surface area contributed by atoms with E-state index in [0.717, 1.165) is 16.3 Å². The minimum atomic E-state index is -0.843. The number of hydrogen-bond acceptors (Lipinski definition) is 1. The molecule has 0 aliphatic rings. The second kappa shape index (κ2) is 3.63. The number of carbonyl (C=O) groups is 1. The molecule has 0 aliphatic carbocycles. The predicted molar refractivity (Wildman–Crippen MR) is 64.6 cm³/mol. The third-order valence-electron chi connectivity index (χ3n) is 3.01. The van der Waals surface area contributed by atoms with E-state index >= 15 is 0 Å². The lowest BCUT2D eigenvalue weighted by atomic mass is 9.84. The maximum absolute atomic E-state index is 11.2. The highest BCUT2D eigenvalue weighted by Gasteiger charge is 2.29. The molecule has 0 bridgehead atoms. The van der Waals surface area contributed by atoms with Crippen LogP contribution in [-0.4, -0.2) is 11.1 Å². The molecule has 0 radical (unpaired) electrons. The fourth-order valence-corrected chi connectivity index (χ4v) is 1.70. The highest BCUT2D eigenvalue weighted by Crippen LogP contribution is 2.26. The second-order valence-electron chi connectivity index (χ2n) is 4.49. The Morgan fingerprint density at radius 2 is 1.69 bits per heavy atom. The first-order valence-electron chi connectivity index (χ1n) is 5.24. The molecule has 2 aromatic rings. The molecule has 0 saturated heterocycles. The van der Waals surface area contributed by atoms with Crippen molar-refractivity contribution in [2.24, 2.45) is 0 Å². The van der Waals surface area contributed by atoms with Crippen molar-refractivity contribution in [2.45, 2.75) is 19.3 Å². The normalized spacial score (nSPS) is 11.6. The van der Waals surface area contributed by atoms with Crippen molar-refractivity contribution >= 4 is 16.7 Å². The molecule has 2 aromatic carbocycles. The zero-order chi connectivity index (χ0) is 11.8. The van der Waals surface area contributed by atoms with Gasteiger partial charge in [-0.25, -0.2) is 0 Å². The number of carboxylic acids is 1. The summed E-state index contributed by atoms with van der Waals surface area (Å²) in [6, 6.07) is 13.8. The van der Waals surface area contributed by atoms with Crippen molar-refractivity contribution in [3.63, 3.8) is 0 Å². The minimum Gasteiger partial charge on any atom is -0.481 e. The van der Waals surface area contributed by atoms with Crippen LogP contribution in [0, 0.1) is 0 Å². The fraction of sp³-hybridized carbons (Fsp3) is 0.214. The molecule has 0 spiro atoms. The topological polar surface area (TPSA) is 37.3 Å². The molecular weight excluding hydrogens is 200 g/mol. The lowest BCUT2D eigenvalue weighted by Crippen LogP contribution is -2.28. The first-order chi connectivity index (χ1) is 7.51. The summed E-state index contributed by atoms with van der Waals surface area (Å²) < 4.78 is 0. The van der Waals surface area contributed by atoms with Gasteiger partial charge < -0.3 is 5.11 Å². The molecule has 16 heavy (non-hydrogen) atoms. The average Bonchev–Trinajstić information content (AvgIpc) is 2.28. The van der Waals surface area contributed by atoms with Crippen LogP contribution in [0.3, 0.4) is 0 Å². The highest BCUT2D eigenvalue weighted by molar-refractivity contribution is 5.86. The van der Waals surface area contributed by atoms with Gasteiger partial charge in [0.05, 0.1) is 5.41 Å². The van der Waals surface area contributed by atoms with Crippen LogP contribution in [0.2, 0.25) is 0 Å². The van der Waals surface area contributed by atoms with Crippen molar-refractivity contribution in [1.82, 2.24) is 0 Å². The molecule has 0 unspecified atom stereocenters. The fourth-order valence-electron chi connectivity index (χ4n) is 1.70. The van der Waals surface area contributed by atoms with E-state index in [-0.39, 0.29) is 0 Å². The van der Waals surface area contributed by atoms with Crippen molar-refractivity contribution in [2.75, 3.05) is 0 Å². The largest absolute Gasteiger partial charge is 0.481 e. The van der Waals surface area contributed by atoms with Crippen LogP contribution in [0.4, 0.5) is 0 Å². The van der Waals surface area contributed by atoms with Crippen LogP contribution in [0.1, 0.15) is 19.4 Å². The molecule has 2 nitrogen and oxygen atoms in total. The van der Waals surface area contributed by atoms with Crippen LogP contribution < -0.4 is 0 Å². The van der Waals surface area contributed by atoms with Crippen LogP contribution in [-0.2, 0) is 10.2 Å². The van der Waals surface area contributed by atoms with E-state index in [4.69, 9.17) is 5.11 Å². The third-order valence-corrected chi connectivity index (χ3v) is 3.01. The van der Waals surface area contributed by atoms with Gasteiger partial charge in [0.2, 0.25) is 0 Å². The molecule has 2 rings (SSSR count). The molecule has 0 amide bonds. The molecule has 82 valence electrons. The van der Waals surface area contributed by atoms with Gasteiger partial charge in [0.15, 0.2) is 0 Å². The summed E-state index contributed by atoms with van der Waals surface area (Å²) in [6.07, 6.45) is 0. The second-order valence-corrected chi connectivity index (χ2v) is 4.49. The van der Waals surface area contributed by atoms with Crippen molar-refractivity contribution in [3.05, 3.63) is 48.0 Å². The molecule has 1 N–H and O–H groups in total. The van der Waals surface area contributed by atoms with Gasteiger partial charge in [0.1, 0.15) is 0 Å². The van der Waals surface area contributed by atoms with E-state index in [1.165, 1.54) is 0 Å². The standard InChI is InChI=1S/C14H14O2/c1-14(2,13(15)16)12-8-7-10-5-3-4-6-11(10)9-12/h3-9H,1-2H3,(H,15,16). The average molecular weight is 214 g/mol. The van der Waals surface area contributed by atoms with Gasteiger partial charge in [-0.15, -0.1) is 0 Å². The van der Waals surface area contributed by atoms with E-state index in [0.29, 0.717) is 0 Å². The molecule has 0 saturated carbocycles. The SMILES string of the molecule is CC(C)(C(=O)O)c1ccc2ccccc2c1. The van der Waals surface area contributed by atoms with E-state index in [1.54, 1.807) is 13.8 Å². The Kier molecular flexibility index (Phi) is 2.43. The van der Waals surface area contributed by atoms with E-state index < -0.39 is 11.4 Å². The monoisotopic (exact) mass is 214 g/mol. The van der Waals surface area contributed by atoms with Gasteiger partial charge in [-0.2, -0.15) is 0 Å². The Balaban J connectivity index is 2.59. The Labute approximate surface area is 94.5 Å². The molecule has 0 aromatic heterocycles. The number of hydrogen-bond donors (Lipinski definition) is 1. The molecular formula is C14H14O2. The molecule has 0 fully saturated rings. The third kappa shape index (κ3) is 1.67. The molecule has 0 heterocycles. The quantitative estimate of drug-likeness (QED) is 0.833. The smallest absolute Gasteiger partial charge is 0.313 e. The van der Waals surface area contributed by atoms with Crippen LogP contribution in [0.5, 0.6) is 0 Å². The molecule has 0 atom stereocenters. The van der Waals surface area contributed by atoms with Gasteiger partial charge in [-0.3, -0.25) is 4.79 Å². The summed E-state index contributed by atoms with van der Waals surface area (Å²) in [5.74, 6) is -0.803. The van der Waals surface area contributed by atoms with Crippen LogP contribution in [0.25, 0.3) is 10.8 Å². The van der Waals surface area contributed by atoms with Gasteiger partial charge >= 0.3 is 5.97 Å². The number of rotatable bonds is 2. The predicted octanol–water partition coefficient (Wildman–Crippen LogP) is 3.20. The van der Waals surface area contributed by atoms with E-state index in [2.05, 4.69) is 0 Å². The van der Waals surface area contributed by atoms with Gasteiger partial charge in [0, 0.05) is 0 Å². The van der Waals surface area contributed by atoms with E-state index in [1.807, 2.05) is 42.5 Å². The van der Waals surface area contributed by atoms with E-state index in [9.17, 15) is 4.79 Å². The number of aliphatic carboxylic acids is 1. The Hall–Kier alpha value is -1.83. The Morgan fingerprint density at radius 3 is 2.31 bits per heavy atom. The number of fused-ring (bicyclic) bond motifs is 1. The van der Waals surface area contributed by atoms with Crippen LogP contribution >= 0.6 is 0 Å². The zero-order valence-electron chi connectivity index (χ0n) is 9.40. The number of carboxylic acid groups (broad SMARTS) is 1. The Bertz CT molecular complexity index is 541. The lowest BCUT2D eigenvalue weighted by Gasteiger charge is -2.20. The Morgan fingerprint density at radius 1 is 1.06 bits per heavy atom.